The van der Waals surface area contributed by atoms with Crippen LogP contribution in [0.5, 0.6) is 0 Å². The molecule has 0 saturated heterocycles. The molecule has 4 N–H and O–H groups in total. The summed E-state index contributed by atoms with van der Waals surface area (Å²) in [5.41, 5.74) is 6.39. The second-order valence-electron chi connectivity index (χ2n) is 3.52. The van der Waals surface area contributed by atoms with Gasteiger partial charge in [0.25, 0.3) is 0 Å². The lowest BCUT2D eigenvalue weighted by molar-refractivity contribution is -0.117. The summed E-state index contributed by atoms with van der Waals surface area (Å²) >= 11 is 4.58. The summed E-state index contributed by atoms with van der Waals surface area (Å²) in [6, 6.07) is 4.88. The van der Waals surface area contributed by atoms with Crippen molar-refractivity contribution in [3.63, 3.8) is 0 Å². The van der Waals surface area contributed by atoms with Crippen molar-refractivity contribution < 1.29 is 9.59 Å². The second kappa shape index (κ2) is 7.85. The van der Waals surface area contributed by atoms with E-state index in [4.69, 9.17) is 5.73 Å². The van der Waals surface area contributed by atoms with Crippen LogP contribution >= 0.6 is 27.7 Å². The van der Waals surface area contributed by atoms with E-state index in [9.17, 15) is 9.59 Å². The smallest absolute Gasteiger partial charge is 0.321 e. The van der Waals surface area contributed by atoms with Gasteiger partial charge in [0.1, 0.15) is 0 Å². The molecule has 0 aromatic heterocycles. The largest absolute Gasteiger partial charge is 0.398 e. The first kappa shape index (κ1) is 15.6. The number of thioether (sulfide) groups is 1. The third-order valence-electron chi connectivity index (χ3n) is 1.99. The van der Waals surface area contributed by atoms with Crippen LogP contribution < -0.4 is 16.4 Å². The summed E-state index contributed by atoms with van der Waals surface area (Å²) in [6.45, 7) is 3.77. The molecule has 3 amide bonds. The molecule has 19 heavy (non-hydrogen) atoms. The average Bonchev–Trinajstić information content (AvgIpc) is 2.35. The Morgan fingerprint density at radius 3 is 2.84 bits per heavy atom. The predicted octanol–water partition coefficient (Wildman–Crippen LogP) is 2.14. The molecule has 0 aliphatic heterocycles. The number of urea groups is 1. The van der Waals surface area contributed by atoms with E-state index in [-0.39, 0.29) is 11.7 Å². The van der Waals surface area contributed by atoms with Gasteiger partial charge in [0.15, 0.2) is 0 Å². The number of carbonyl (C=O) groups is 2. The quantitative estimate of drug-likeness (QED) is 0.434. The van der Waals surface area contributed by atoms with Gasteiger partial charge in [-0.25, -0.2) is 4.79 Å². The van der Waals surface area contributed by atoms with Gasteiger partial charge < -0.3 is 11.1 Å². The molecule has 102 valence electrons. The highest BCUT2D eigenvalue weighted by Gasteiger charge is 2.08. The van der Waals surface area contributed by atoms with Crippen molar-refractivity contribution in [2.45, 2.75) is 4.90 Å². The summed E-state index contributed by atoms with van der Waals surface area (Å²) in [7, 11) is 0. The van der Waals surface area contributed by atoms with Crippen LogP contribution in [0.1, 0.15) is 0 Å². The minimum Gasteiger partial charge on any atom is -0.398 e. The van der Waals surface area contributed by atoms with Crippen LogP contribution in [0.2, 0.25) is 0 Å². The minimum atomic E-state index is -0.533. The first-order valence-electron chi connectivity index (χ1n) is 5.39. The highest BCUT2D eigenvalue weighted by molar-refractivity contribution is 9.10. The van der Waals surface area contributed by atoms with Crippen molar-refractivity contribution in [3.05, 3.63) is 35.3 Å². The van der Waals surface area contributed by atoms with Crippen LogP contribution in [-0.2, 0) is 4.79 Å². The zero-order chi connectivity index (χ0) is 14.3. The lowest BCUT2D eigenvalue weighted by Crippen LogP contribution is -2.40. The summed E-state index contributed by atoms with van der Waals surface area (Å²) in [5.74, 6) is -0.262. The fourth-order valence-electron chi connectivity index (χ4n) is 1.17. The van der Waals surface area contributed by atoms with Crippen molar-refractivity contribution in [3.8, 4) is 0 Å². The number of hydrogen-bond acceptors (Lipinski definition) is 4. The molecule has 7 heteroatoms. The monoisotopic (exact) mass is 343 g/mol. The summed E-state index contributed by atoms with van der Waals surface area (Å²) < 4.78 is 0.877. The maximum atomic E-state index is 11.5. The Morgan fingerprint density at radius 2 is 2.21 bits per heavy atom. The maximum absolute atomic E-state index is 11.5. The molecule has 0 aliphatic carbocycles. The van der Waals surface area contributed by atoms with Gasteiger partial charge >= 0.3 is 6.03 Å². The highest BCUT2D eigenvalue weighted by Crippen LogP contribution is 2.27. The van der Waals surface area contributed by atoms with E-state index in [0.29, 0.717) is 12.2 Å². The molecular weight excluding hydrogens is 330 g/mol. The van der Waals surface area contributed by atoms with Crippen molar-refractivity contribution >= 4 is 45.3 Å². The Morgan fingerprint density at radius 1 is 1.47 bits per heavy atom. The summed E-state index contributed by atoms with van der Waals surface area (Å²) in [4.78, 5) is 23.5. The summed E-state index contributed by atoms with van der Waals surface area (Å²) in [6.07, 6.45) is 1.53. The summed E-state index contributed by atoms with van der Waals surface area (Å²) in [5, 5.41) is 4.66. The molecule has 0 bridgehead atoms. The Bertz CT molecular complexity index is 494. The SMILES string of the molecule is C=CCNC(=O)NC(=O)CSc1ccc(Br)cc1N. The highest BCUT2D eigenvalue weighted by atomic mass is 79.9. The molecule has 0 atom stereocenters. The normalized spacial score (nSPS) is 9.74. The number of halogens is 1. The van der Waals surface area contributed by atoms with Gasteiger partial charge in [0.2, 0.25) is 5.91 Å². The van der Waals surface area contributed by atoms with Gasteiger partial charge in [-0.1, -0.05) is 22.0 Å². The van der Waals surface area contributed by atoms with Crippen LogP contribution in [0.25, 0.3) is 0 Å². The minimum absolute atomic E-state index is 0.118. The number of hydrogen-bond donors (Lipinski definition) is 3. The molecule has 0 aliphatic rings. The van der Waals surface area contributed by atoms with Crippen molar-refractivity contribution in [2.24, 2.45) is 0 Å². The average molecular weight is 344 g/mol. The van der Waals surface area contributed by atoms with E-state index < -0.39 is 6.03 Å². The number of carbonyl (C=O) groups excluding carboxylic acids is 2. The molecule has 0 fully saturated rings. The van der Waals surface area contributed by atoms with E-state index in [1.54, 1.807) is 6.07 Å². The molecular formula is C12H14BrN3O2S. The molecule has 0 saturated carbocycles. The van der Waals surface area contributed by atoms with Gasteiger partial charge in [-0.3, -0.25) is 10.1 Å². The number of benzene rings is 1. The van der Waals surface area contributed by atoms with Gasteiger partial charge in [-0.15, -0.1) is 18.3 Å². The lowest BCUT2D eigenvalue weighted by Gasteiger charge is -2.06. The fourth-order valence-corrected chi connectivity index (χ4v) is 2.29. The molecule has 0 unspecified atom stereocenters. The van der Waals surface area contributed by atoms with Crippen molar-refractivity contribution in [1.82, 2.24) is 10.6 Å². The standard InChI is InChI=1S/C12H14BrN3O2S/c1-2-5-15-12(18)16-11(17)7-19-10-4-3-8(13)6-9(10)14/h2-4,6H,1,5,7,14H2,(H2,15,16,17,18). The number of nitrogen functional groups attached to an aromatic ring is 1. The first-order valence-corrected chi connectivity index (χ1v) is 7.17. The Labute approximate surface area is 124 Å². The lowest BCUT2D eigenvalue weighted by atomic mass is 10.3. The number of amides is 3. The van der Waals surface area contributed by atoms with Crippen molar-refractivity contribution in [2.75, 3.05) is 18.0 Å². The number of nitrogens with one attached hydrogen (secondary N) is 2. The van der Waals surface area contributed by atoms with Gasteiger partial charge in [-0.2, -0.15) is 0 Å². The molecule has 5 nitrogen and oxygen atoms in total. The number of anilines is 1. The van der Waals surface area contributed by atoms with Crippen LogP contribution in [0.4, 0.5) is 10.5 Å². The molecule has 0 heterocycles. The van der Waals surface area contributed by atoms with Gasteiger partial charge in [0.05, 0.1) is 5.75 Å². The van der Waals surface area contributed by atoms with E-state index in [0.717, 1.165) is 9.37 Å². The fraction of sp³-hybridized carbons (Fsp3) is 0.167. The molecule has 0 radical (unpaired) electrons. The van der Waals surface area contributed by atoms with Crippen molar-refractivity contribution in [1.29, 1.82) is 0 Å². The number of nitrogens with two attached hydrogens (primary N) is 1. The molecule has 1 aromatic rings. The van der Waals surface area contributed by atoms with Crippen LogP contribution in [-0.4, -0.2) is 24.2 Å². The van der Waals surface area contributed by atoms with Crippen LogP contribution in [0.15, 0.2) is 40.2 Å². The van der Waals surface area contributed by atoms with E-state index >= 15 is 0 Å². The Balaban J connectivity index is 2.41. The van der Waals surface area contributed by atoms with E-state index in [1.807, 2.05) is 12.1 Å². The number of imide groups is 1. The zero-order valence-corrected chi connectivity index (χ0v) is 12.5. The zero-order valence-electron chi connectivity index (χ0n) is 10.1. The number of rotatable bonds is 5. The van der Waals surface area contributed by atoms with Crippen LogP contribution in [0, 0.1) is 0 Å². The molecule has 0 spiro atoms. The molecule has 1 rings (SSSR count). The Hall–Kier alpha value is -1.47. The van der Waals surface area contributed by atoms with E-state index in [1.165, 1.54) is 17.8 Å². The third-order valence-corrected chi connectivity index (χ3v) is 3.57. The van der Waals surface area contributed by atoms with E-state index in [2.05, 4.69) is 33.1 Å². The van der Waals surface area contributed by atoms with Crippen LogP contribution in [0.3, 0.4) is 0 Å². The van der Waals surface area contributed by atoms with Gasteiger partial charge in [-0.05, 0) is 18.2 Å². The molecule has 1 aromatic carbocycles. The van der Waals surface area contributed by atoms with Gasteiger partial charge in [0, 0.05) is 21.6 Å². The Kier molecular flexibility index (Phi) is 6.44. The predicted molar refractivity (Wildman–Crippen MR) is 81.0 cm³/mol. The topological polar surface area (TPSA) is 84.2 Å². The second-order valence-corrected chi connectivity index (χ2v) is 5.45. The maximum Gasteiger partial charge on any atom is 0.321 e. The first-order chi connectivity index (χ1) is 9.02. The third kappa shape index (κ3) is 5.80.